The third kappa shape index (κ3) is 4.90. The van der Waals surface area contributed by atoms with E-state index in [9.17, 15) is 0 Å². The molecule has 0 radical (unpaired) electrons. The molecule has 1 N–H and O–H groups in total. The highest BCUT2D eigenvalue weighted by Crippen LogP contribution is 2.16. The Morgan fingerprint density at radius 1 is 1.29 bits per heavy atom. The monoisotopic (exact) mass is 281 g/mol. The maximum atomic E-state index is 8.78. The van der Waals surface area contributed by atoms with Crippen LogP contribution in [0.5, 0.6) is 0 Å². The lowest BCUT2D eigenvalue weighted by Crippen LogP contribution is -2.08. The molecule has 0 bridgehead atoms. The van der Waals surface area contributed by atoms with Crippen molar-refractivity contribution in [2.75, 3.05) is 18.5 Å². The van der Waals surface area contributed by atoms with E-state index in [4.69, 9.17) is 10.00 Å². The van der Waals surface area contributed by atoms with Crippen molar-refractivity contribution in [2.45, 2.75) is 19.4 Å². The van der Waals surface area contributed by atoms with Crippen molar-refractivity contribution in [1.82, 2.24) is 4.98 Å². The Hall–Kier alpha value is -2.38. The maximum absolute atomic E-state index is 8.78. The first-order chi connectivity index (χ1) is 10.3. The van der Waals surface area contributed by atoms with E-state index >= 15 is 0 Å². The Kier molecular flexibility index (Phi) is 5.74. The van der Waals surface area contributed by atoms with Gasteiger partial charge in [0.25, 0.3) is 0 Å². The average Bonchev–Trinajstić information content (AvgIpc) is 2.55. The lowest BCUT2D eigenvalue weighted by atomic mass is 10.1. The Balaban J connectivity index is 1.67. The van der Waals surface area contributed by atoms with Crippen molar-refractivity contribution in [1.29, 1.82) is 5.26 Å². The van der Waals surface area contributed by atoms with E-state index in [1.165, 1.54) is 5.56 Å². The zero-order valence-electron chi connectivity index (χ0n) is 12.1. The number of nitriles is 1. The zero-order chi connectivity index (χ0) is 14.9. The number of nitrogens with zero attached hydrogens (tertiary/aromatic N) is 2. The zero-order valence-corrected chi connectivity index (χ0v) is 12.1. The number of hydrogen-bond donors (Lipinski definition) is 1. The molecule has 108 valence electrons. The van der Waals surface area contributed by atoms with E-state index < -0.39 is 0 Å². The highest BCUT2D eigenvalue weighted by molar-refractivity contribution is 5.45. The molecule has 0 fully saturated rings. The fourth-order valence-corrected chi connectivity index (χ4v) is 1.99. The maximum Gasteiger partial charge on any atom is 0.142 e. The number of rotatable bonds is 7. The van der Waals surface area contributed by atoms with Crippen molar-refractivity contribution in [3.8, 4) is 6.07 Å². The van der Waals surface area contributed by atoms with Gasteiger partial charge in [0.2, 0.25) is 0 Å². The van der Waals surface area contributed by atoms with Crippen LogP contribution in [0.25, 0.3) is 0 Å². The van der Waals surface area contributed by atoms with Gasteiger partial charge >= 0.3 is 0 Å². The van der Waals surface area contributed by atoms with Gasteiger partial charge in [0.05, 0.1) is 6.10 Å². The summed E-state index contributed by atoms with van der Waals surface area (Å²) in [6.45, 7) is 3.56. The second-order valence-electron chi connectivity index (χ2n) is 4.75. The van der Waals surface area contributed by atoms with Gasteiger partial charge in [-0.1, -0.05) is 30.3 Å². The minimum absolute atomic E-state index is 0.109. The largest absolute Gasteiger partial charge is 0.385 e. The fraction of sp³-hybridized carbons (Fsp3) is 0.294. The fourth-order valence-electron chi connectivity index (χ4n) is 1.99. The van der Waals surface area contributed by atoms with Crippen LogP contribution in [-0.2, 0) is 4.74 Å². The first-order valence-electron chi connectivity index (χ1n) is 7.06. The summed E-state index contributed by atoms with van der Waals surface area (Å²) in [6.07, 6.45) is 2.65. The standard InChI is InChI=1S/C17H19N3O/c1-14(15-6-3-2-4-7-15)21-11-5-9-19-16-8-10-20-17(12-16)13-18/h2-4,6-8,10,12,14H,5,9,11H2,1H3,(H,19,20). The van der Waals surface area contributed by atoms with Crippen LogP contribution in [0.2, 0.25) is 0 Å². The number of anilines is 1. The predicted molar refractivity (Wildman–Crippen MR) is 82.9 cm³/mol. The van der Waals surface area contributed by atoms with Crippen LogP contribution < -0.4 is 5.32 Å². The molecule has 0 saturated heterocycles. The molecule has 1 unspecified atom stereocenters. The van der Waals surface area contributed by atoms with Crippen LogP contribution >= 0.6 is 0 Å². The molecule has 1 heterocycles. The Morgan fingerprint density at radius 3 is 2.86 bits per heavy atom. The second kappa shape index (κ2) is 8.03. The molecular weight excluding hydrogens is 262 g/mol. The predicted octanol–water partition coefficient (Wildman–Crippen LogP) is 3.53. The van der Waals surface area contributed by atoms with Gasteiger partial charge in [0.15, 0.2) is 0 Å². The van der Waals surface area contributed by atoms with Crippen molar-refractivity contribution in [3.05, 3.63) is 59.9 Å². The van der Waals surface area contributed by atoms with Crippen molar-refractivity contribution >= 4 is 5.69 Å². The van der Waals surface area contributed by atoms with E-state index in [0.717, 1.165) is 18.7 Å². The molecule has 0 spiro atoms. The molecule has 0 aliphatic carbocycles. The molecule has 2 aromatic rings. The summed E-state index contributed by atoms with van der Waals surface area (Å²) < 4.78 is 5.81. The van der Waals surface area contributed by atoms with Crippen LogP contribution in [-0.4, -0.2) is 18.1 Å². The van der Waals surface area contributed by atoms with Crippen molar-refractivity contribution < 1.29 is 4.74 Å². The summed E-state index contributed by atoms with van der Waals surface area (Å²) in [4.78, 5) is 3.93. The van der Waals surface area contributed by atoms with Crippen molar-refractivity contribution in [3.63, 3.8) is 0 Å². The molecule has 1 aromatic carbocycles. The van der Waals surface area contributed by atoms with E-state index in [-0.39, 0.29) is 6.10 Å². The molecule has 2 rings (SSSR count). The van der Waals surface area contributed by atoms with Gasteiger partial charge in [-0.25, -0.2) is 4.98 Å². The summed E-state index contributed by atoms with van der Waals surface area (Å²) in [7, 11) is 0. The Labute approximate surface area is 125 Å². The Bertz CT molecular complexity index is 592. The third-order valence-electron chi connectivity index (χ3n) is 3.16. The smallest absolute Gasteiger partial charge is 0.142 e. The molecule has 4 nitrogen and oxygen atoms in total. The van der Waals surface area contributed by atoms with Crippen LogP contribution in [0.4, 0.5) is 5.69 Å². The first kappa shape index (κ1) is 15.0. The number of hydrogen-bond acceptors (Lipinski definition) is 4. The van der Waals surface area contributed by atoms with E-state index in [0.29, 0.717) is 12.3 Å². The van der Waals surface area contributed by atoms with E-state index in [2.05, 4.69) is 29.4 Å². The average molecular weight is 281 g/mol. The van der Waals surface area contributed by atoms with Crippen LogP contribution in [0, 0.1) is 11.3 Å². The molecule has 1 aromatic heterocycles. The summed E-state index contributed by atoms with van der Waals surface area (Å²) in [5.74, 6) is 0. The van der Waals surface area contributed by atoms with E-state index in [1.807, 2.05) is 30.3 Å². The topological polar surface area (TPSA) is 57.9 Å². The summed E-state index contributed by atoms with van der Waals surface area (Å²) >= 11 is 0. The molecule has 4 heteroatoms. The molecular formula is C17H19N3O. The van der Waals surface area contributed by atoms with Crippen molar-refractivity contribution in [2.24, 2.45) is 0 Å². The number of pyridine rings is 1. The Morgan fingerprint density at radius 2 is 2.10 bits per heavy atom. The summed E-state index contributed by atoms with van der Waals surface area (Å²) in [5.41, 5.74) is 2.53. The molecule has 0 aliphatic heterocycles. The lowest BCUT2D eigenvalue weighted by Gasteiger charge is -2.13. The molecule has 21 heavy (non-hydrogen) atoms. The van der Waals surface area contributed by atoms with Gasteiger partial charge in [-0.15, -0.1) is 0 Å². The van der Waals surface area contributed by atoms with Gasteiger partial charge in [-0.05, 0) is 31.0 Å². The minimum Gasteiger partial charge on any atom is -0.385 e. The molecule has 0 aliphatic rings. The van der Waals surface area contributed by atoms with Crippen LogP contribution in [0.15, 0.2) is 48.7 Å². The highest BCUT2D eigenvalue weighted by Gasteiger charge is 2.04. The van der Waals surface area contributed by atoms with Gasteiger partial charge in [0.1, 0.15) is 11.8 Å². The quantitative estimate of drug-likeness (QED) is 0.789. The second-order valence-corrected chi connectivity index (χ2v) is 4.75. The van der Waals surface area contributed by atoms with Gasteiger partial charge in [0, 0.05) is 25.0 Å². The number of nitrogens with one attached hydrogen (secondary N) is 1. The molecule has 0 amide bonds. The summed E-state index contributed by atoms with van der Waals surface area (Å²) in [6, 6.07) is 15.8. The minimum atomic E-state index is 0.109. The van der Waals surface area contributed by atoms with Crippen LogP contribution in [0.3, 0.4) is 0 Å². The highest BCUT2D eigenvalue weighted by atomic mass is 16.5. The number of aromatic nitrogens is 1. The third-order valence-corrected chi connectivity index (χ3v) is 3.16. The normalized spacial score (nSPS) is 11.6. The number of ether oxygens (including phenoxy) is 1. The van der Waals surface area contributed by atoms with E-state index in [1.54, 1.807) is 12.3 Å². The summed E-state index contributed by atoms with van der Waals surface area (Å²) in [5, 5.41) is 12.0. The van der Waals surface area contributed by atoms with Gasteiger partial charge < -0.3 is 10.1 Å². The molecule has 0 saturated carbocycles. The lowest BCUT2D eigenvalue weighted by molar-refractivity contribution is 0.0656. The molecule has 1 atom stereocenters. The van der Waals surface area contributed by atoms with Gasteiger partial charge in [-0.2, -0.15) is 5.26 Å². The number of benzene rings is 1. The van der Waals surface area contributed by atoms with Crippen LogP contribution in [0.1, 0.15) is 30.7 Å². The SMILES string of the molecule is CC(OCCCNc1ccnc(C#N)c1)c1ccccc1. The van der Waals surface area contributed by atoms with Gasteiger partial charge in [-0.3, -0.25) is 0 Å². The first-order valence-corrected chi connectivity index (χ1v) is 7.06.